The van der Waals surface area contributed by atoms with Gasteiger partial charge in [-0.3, -0.25) is 9.63 Å². The van der Waals surface area contributed by atoms with Crippen molar-refractivity contribution in [3.63, 3.8) is 0 Å². The topological polar surface area (TPSA) is 102 Å². The zero-order valence-electron chi connectivity index (χ0n) is 26.1. The van der Waals surface area contributed by atoms with Crippen LogP contribution in [0.1, 0.15) is 27.6 Å². The van der Waals surface area contributed by atoms with E-state index in [-0.39, 0.29) is 23.9 Å². The normalized spacial score (nSPS) is 10.1. The van der Waals surface area contributed by atoms with Gasteiger partial charge in [0.25, 0.3) is 5.91 Å². The van der Waals surface area contributed by atoms with Crippen molar-refractivity contribution in [2.45, 2.75) is 6.92 Å². The third-order valence-electron chi connectivity index (χ3n) is 6.88. The van der Waals surface area contributed by atoms with E-state index in [9.17, 15) is 14.7 Å². The highest BCUT2D eigenvalue weighted by Crippen LogP contribution is 2.26. The molecular formula is C37H36ClN3O5. The summed E-state index contributed by atoms with van der Waals surface area (Å²) < 4.78 is 4.54. The van der Waals surface area contributed by atoms with Crippen molar-refractivity contribution in [3.8, 4) is 22.5 Å². The summed E-state index contributed by atoms with van der Waals surface area (Å²) in [5.74, 6) is -1.13. The summed E-state index contributed by atoms with van der Waals surface area (Å²) in [7, 11) is 4.75. The number of carbonyl (C=O) groups is 2. The van der Waals surface area contributed by atoms with Crippen LogP contribution in [0, 0.1) is 0 Å². The second-order valence-electron chi connectivity index (χ2n) is 9.74. The van der Waals surface area contributed by atoms with E-state index in [1.54, 1.807) is 26.3 Å². The second-order valence-corrected chi connectivity index (χ2v) is 9.74. The van der Waals surface area contributed by atoms with E-state index in [0.717, 1.165) is 34.3 Å². The maximum absolute atomic E-state index is 12.5. The Morgan fingerprint density at radius 2 is 1.07 bits per heavy atom. The summed E-state index contributed by atoms with van der Waals surface area (Å²) in [4.78, 5) is 38.1. The van der Waals surface area contributed by atoms with Gasteiger partial charge in [-0.1, -0.05) is 97.1 Å². The van der Waals surface area contributed by atoms with E-state index < -0.39 is 5.97 Å². The third-order valence-corrected chi connectivity index (χ3v) is 6.88. The maximum atomic E-state index is 12.5. The van der Waals surface area contributed by atoms with E-state index in [2.05, 4.69) is 14.7 Å². The quantitative estimate of drug-likeness (QED) is 0.184. The first-order chi connectivity index (χ1) is 21.9. The molecule has 0 aliphatic rings. The molecule has 6 aromatic rings. The molecule has 1 N–H and O–H groups in total. The highest BCUT2D eigenvalue weighted by atomic mass is 35.5. The summed E-state index contributed by atoms with van der Waals surface area (Å²) in [5.41, 5.74) is 5.68. The van der Waals surface area contributed by atoms with Crippen LogP contribution in [0.3, 0.4) is 0 Å². The standard InChI is InChI=1S/C18H16N2O2.C16H11NO2.C3H8O.ClH/c1-20(22-2)18(21)15-12-17(13-8-4-3-5-9-13)19-16-11-7-6-10-14(15)16;18-16(19)13-10-15(11-6-2-1-3-7-11)17-14-9-5-4-8-12(13)14;1-3-4-2;/h3-12H,1-2H3;1-10H,(H,18,19);3H2,1-2H3;1H. The van der Waals surface area contributed by atoms with Crippen molar-refractivity contribution in [1.82, 2.24) is 15.0 Å². The van der Waals surface area contributed by atoms with Gasteiger partial charge in [0, 0.05) is 42.7 Å². The van der Waals surface area contributed by atoms with Gasteiger partial charge in [0.15, 0.2) is 0 Å². The molecule has 0 spiro atoms. The van der Waals surface area contributed by atoms with Crippen LogP contribution in [0.2, 0.25) is 0 Å². The number of hydrogen-bond donors (Lipinski definition) is 1. The molecule has 1 amide bonds. The number of methoxy groups -OCH3 is 1. The predicted octanol–water partition coefficient (Wildman–Crippen LogP) is 8.21. The number of benzene rings is 4. The lowest BCUT2D eigenvalue weighted by Crippen LogP contribution is -2.25. The van der Waals surface area contributed by atoms with Crippen molar-refractivity contribution >= 4 is 46.1 Å². The van der Waals surface area contributed by atoms with Crippen molar-refractivity contribution in [1.29, 1.82) is 0 Å². The third kappa shape index (κ3) is 8.73. The summed E-state index contributed by atoms with van der Waals surface area (Å²) >= 11 is 0. The van der Waals surface area contributed by atoms with Crippen LogP contribution in [-0.4, -0.2) is 59.9 Å². The van der Waals surface area contributed by atoms with E-state index in [1.165, 1.54) is 12.2 Å². The number of aromatic nitrogens is 2. The van der Waals surface area contributed by atoms with Crippen LogP contribution in [0.5, 0.6) is 0 Å². The van der Waals surface area contributed by atoms with Gasteiger partial charge in [0.1, 0.15) is 0 Å². The first-order valence-corrected chi connectivity index (χ1v) is 14.3. The number of para-hydroxylation sites is 2. The fourth-order valence-electron chi connectivity index (χ4n) is 4.47. The number of amides is 1. The zero-order chi connectivity index (χ0) is 32.2. The fourth-order valence-corrected chi connectivity index (χ4v) is 4.47. The lowest BCUT2D eigenvalue weighted by atomic mass is 10.0. The monoisotopic (exact) mass is 637 g/mol. The van der Waals surface area contributed by atoms with Gasteiger partial charge in [0.05, 0.1) is 40.7 Å². The van der Waals surface area contributed by atoms with Gasteiger partial charge in [-0.25, -0.2) is 19.8 Å². The Morgan fingerprint density at radius 1 is 0.674 bits per heavy atom. The molecule has 0 bridgehead atoms. The first kappa shape index (κ1) is 35.3. The van der Waals surface area contributed by atoms with Crippen LogP contribution in [0.15, 0.2) is 121 Å². The van der Waals surface area contributed by atoms with Crippen LogP contribution in [-0.2, 0) is 9.57 Å². The molecule has 8 nitrogen and oxygen atoms in total. The largest absolute Gasteiger partial charge is 0.478 e. The molecule has 2 heterocycles. The van der Waals surface area contributed by atoms with Gasteiger partial charge in [-0.05, 0) is 31.2 Å². The smallest absolute Gasteiger partial charge is 0.336 e. The molecule has 0 radical (unpaired) electrons. The number of rotatable bonds is 6. The zero-order valence-corrected chi connectivity index (χ0v) is 26.9. The highest BCUT2D eigenvalue weighted by molar-refractivity contribution is 6.07. The number of halogens is 1. The molecule has 0 atom stereocenters. The SMILES string of the molecule is CCOC.CON(C)C(=O)c1cc(-c2ccccc2)nc2ccccc12.Cl.O=C(O)c1cc(-c2ccccc2)nc2ccccc12. The van der Waals surface area contributed by atoms with Gasteiger partial charge in [0.2, 0.25) is 0 Å². The minimum atomic E-state index is -0.934. The average Bonchev–Trinajstić information content (AvgIpc) is 3.11. The Kier molecular flexibility index (Phi) is 13.3. The molecule has 6 rings (SSSR count). The average molecular weight is 638 g/mol. The number of hydroxylamine groups is 2. The molecular weight excluding hydrogens is 602 g/mol. The van der Waals surface area contributed by atoms with Crippen LogP contribution >= 0.6 is 12.4 Å². The molecule has 4 aromatic carbocycles. The molecule has 0 fully saturated rings. The van der Waals surface area contributed by atoms with Crippen molar-refractivity contribution in [3.05, 3.63) is 132 Å². The van der Waals surface area contributed by atoms with Crippen LogP contribution in [0.25, 0.3) is 44.3 Å². The molecule has 0 saturated carbocycles. The Labute approximate surface area is 274 Å². The summed E-state index contributed by atoms with van der Waals surface area (Å²) in [6.45, 7) is 2.78. The Morgan fingerprint density at radius 3 is 1.48 bits per heavy atom. The number of fused-ring (bicyclic) bond motifs is 2. The number of hydrogen-bond acceptors (Lipinski definition) is 6. The maximum Gasteiger partial charge on any atom is 0.336 e. The number of carbonyl (C=O) groups excluding carboxylic acids is 1. The summed E-state index contributed by atoms with van der Waals surface area (Å²) in [6, 6.07) is 37.7. The molecule has 0 saturated heterocycles. The molecule has 2 aromatic heterocycles. The van der Waals surface area contributed by atoms with E-state index in [4.69, 9.17) is 4.84 Å². The van der Waals surface area contributed by atoms with Crippen LogP contribution in [0.4, 0.5) is 0 Å². The lowest BCUT2D eigenvalue weighted by molar-refractivity contribution is -0.0755. The molecule has 0 unspecified atom stereocenters. The van der Waals surface area contributed by atoms with Gasteiger partial charge < -0.3 is 9.84 Å². The number of carboxylic acid groups (broad SMARTS) is 1. The minimum absolute atomic E-state index is 0. The number of nitrogens with zero attached hydrogens (tertiary/aromatic N) is 3. The highest BCUT2D eigenvalue weighted by Gasteiger charge is 2.17. The van der Waals surface area contributed by atoms with Gasteiger partial charge in [-0.2, -0.15) is 0 Å². The lowest BCUT2D eigenvalue weighted by Gasteiger charge is -2.16. The number of carboxylic acids is 1. The van der Waals surface area contributed by atoms with E-state index in [1.807, 2.05) is 116 Å². The summed E-state index contributed by atoms with van der Waals surface area (Å²) in [5, 5.41) is 12.0. The predicted molar refractivity (Wildman–Crippen MR) is 185 cm³/mol. The fraction of sp³-hybridized carbons (Fsp3) is 0.135. The Bertz CT molecular complexity index is 1880. The van der Waals surface area contributed by atoms with Crippen molar-refractivity contribution < 1.29 is 24.3 Å². The molecule has 0 aliphatic heterocycles. The molecule has 236 valence electrons. The minimum Gasteiger partial charge on any atom is -0.478 e. The number of ether oxygens (including phenoxy) is 1. The number of pyridine rings is 2. The first-order valence-electron chi connectivity index (χ1n) is 14.3. The molecule has 46 heavy (non-hydrogen) atoms. The van der Waals surface area contributed by atoms with Gasteiger partial charge >= 0.3 is 5.97 Å². The van der Waals surface area contributed by atoms with Crippen molar-refractivity contribution in [2.24, 2.45) is 0 Å². The Hall–Kier alpha value is -5.15. The van der Waals surface area contributed by atoms with Gasteiger partial charge in [-0.15, -0.1) is 12.4 Å². The van der Waals surface area contributed by atoms with Crippen LogP contribution < -0.4 is 0 Å². The second kappa shape index (κ2) is 17.4. The summed E-state index contributed by atoms with van der Waals surface area (Å²) in [6.07, 6.45) is 0. The van der Waals surface area contributed by atoms with E-state index >= 15 is 0 Å². The molecule has 0 aliphatic carbocycles. The molecule has 9 heteroatoms. The van der Waals surface area contributed by atoms with Crippen molar-refractivity contribution in [2.75, 3.05) is 27.9 Å². The number of aromatic carboxylic acids is 1. The Balaban J connectivity index is 0.000000222. The van der Waals surface area contributed by atoms with E-state index in [0.29, 0.717) is 22.2 Å².